The highest BCUT2D eigenvalue weighted by molar-refractivity contribution is 7.85. The molecular formula is C17H18N2O5S. The van der Waals surface area contributed by atoms with Gasteiger partial charge in [-0.3, -0.25) is 9.96 Å². The van der Waals surface area contributed by atoms with E-state index in [1.807, 2.05) is 6.07 Å². The lowest BCUT2D eigenvalue weighted by Gasteiger charge is -2.04. The van der Waals surface area contributed by atoms with Gasteiger partial charge in [0.15, 0.2) is 0 Å². The molecule has 8 heteroatoms. The second-order valence-corrected chi connectivity index (χ2v) is 6.31. The van der Waals surface area contributed by atoms with Gasteiger partial charge in [-0.15, -0.1) is 0 Å². The SMILES string of the molecule is CS(=O)(=O)O.N=C(N)C=Cc1ccc(OC(=O)c2ccccc2)cc1. The molecule has 0 amide bonds. The number of hydrogen-bond acceptors (Lipinski definition) is 5. The van der Waals surface area contributed by atoms with E-state index >= 15 is 0 Å². The summed E-state index contributed by atoms with van der Waals surface area (Å²) in [6.07, 6.45) is 3.92. The van der Waals surface area contributed by atoms with Gasteiger partial charge in [0.2, 0.25) is 0 Å². The van der Waals surface area contributed by atoms with Crippen molar-refractivity contribution in [1.29, 1.82) is 5.41 Å². The first-order chi connectivity index (χ1) is 11.6. The zero-order valence-electron chi connectivity index (χ0n) is 13.4. The molecular weight excluding hydrogens is 344 g/mol. The molecule has 0 radical (unpaired) electrons. The number of hydrogen-bond donors (Lipinski definition) is 3. The van der Waals surface area contributed by atoms with E-state index in [2.05, 4.69) is 0 Å². The number of nitrogens with two attached hydrogens (primary N) is 1. The Morgan fingerprint density at radius 3 is 2.12 bits per heavy atom. The number of amidine groups is 1. The number of nitrogens with one attached hydrogen (secondary N) is 1. The quantitative estimate of drug-likeness (QED) is 0.252. The molecule has 0 bridgehead atoms. The van der Waals surface area contributed by atoms with Crippen LogP contribution in [-0.2, 0) is 10.1 Å². The van der Waals surface area contributed by atoms with Crippen LogP contribution in [0.5, 0.6) is 5.75 Å². The molecule has 0 fully saturated rings. The maximum absolute atomic E-state index is 11.8. The second kappa shape index (κ2) is 9.36. The van der Waals surface area contributed by atoms with Gasteiger partial charge >= 0.3 is 5.97 Å². The van der Waals surface area contributed by atoms with Crippen LogP contribution in [0.2, 0.25) is 0 Å². The highest BCUT2D eigenvalue weighted by Crippen LogP contribution is 2.15. The molecule has 0 aromatic heterocycles. The summed E-state index contributed by atoms with van der Waals surface area (Å²) in [4.78, 5) is 11.8. The number of rotatable bonds is 4. The van der Waals surface area contributed by atoms with Crippen molar-refractivity contribution in [3.63, 3.8) is 0 Å². The number of benzene rings is 2. The van der Waals surface area contributed by atoms with E-state index in [-0.39, 0.29) is 5.84 Å². The maximum Gasteiger partial charge on any atom is 0.343 e. The van der Waals surface area contributed by atoms with Crippen molar-refractivity contribution in [2.45, 2.75) is 0 Å². The summed E-state index contributed by atoms with van der Waals surface area (Å²) in [5.74, 6) is 0.0704. The highest BCUT2D eigenvalue weighted by Gasteiger charge is 2.06. The van der Waals surface area contributed by atoms with Crippen molar-refractivity contribution < 1.29 is 22.5 Å². The van der Waals surface area contributed by atoms with E-state index in [1.165, 1.54) is 6.08 Å². The van der Waals surface area contributed by atoms with E-state index in [1.54, 1.807) is 54.6 Å². The van der Waals surface area contributed by atoms with Crippen molar-refractivity contribution in [3.05, 3.63) is 71.8 Å². The fourth-order valence-corrected chi connectivity index (χ4v) is 1.57. The molecule has 0 unspecified atom stereocenters. The minimum absolute atomic E-state index is 0.00965. The molecule has 2 aromatic rings. The van der Waals surface area contributed by atoms with E-state index in [4.69, 9.17) is 20.4 Å². The Balaban J connectivity index is 0.000000550. The van der Waals surface area contributed by atoms with Gasteiger partial charge in [0.25, 0.3) is 10.1 Å². The van der Waals surface area contributed by atoms with E-state index in [9.17, 15) is 13.2 Å². The largest absolute Gasteiger partial charge is 0.423 e. The average molecular weight is 362 g/mol. The van der Waals surface area contributed by atoms with Crippen LogP contribution in [-0.4, -0.2) is 31.0 Å². The minimum Gasteiger partial charge on any atom is -0.423 e. The van der Waals surface area contributed by atoms with E-state index < -0.39 is 16.1 Å². The van der Waals surface area contributed by atoms with Gasteiger partial charge in [-0.05, 0) is 35.9 Å². The highest BCUT2D eigenvalue weighted by atomic mass is 32.2. The molecule has 0 saturated heterocycles. The summed E-state index contributed by atoms with van der Waals surface area (Å²) in [6.45, 7) is 0. The number of ether oxygens (including phenoxy) is 1. The third-order valence-corrected chi connectivity index (χ3v) is 2.56. The molecule has 2 aromatic carbocycles. The molecule has 2 rings (SSSR count). The summed E-state index contributed by atoms with van der Waals surface area (Å²) in [5, 5.41) is 7.10. The van der Waals surface area contributed by atoms with Crippen molar-refractivity contribution in [1.82, 2.24) is 0 Å². The van der Waals surface area contributed by atoms with Crippen LogP contribution in [0.25, 0.3) is 6.08 Å². The predicted molar refractivity (Wildman–Crippen MR) is 96.3 cm³/mol. The monoisotopic (exact) mass is 362 g/mol. The Bertz CT molecular complexity index is 836. The Labute approximate surface area is 146 Å². The van der Waals surface area contributed by atoms with Crippen LogP contribution in [0.4, 0.5) is 0 Å². The molecule has 0 saturated carbocycles. The summed E-state index contributed by atoms with van der Waals surface area (Å²) >= 11 is 0. The van der Waals surface area contributed by atoms with Gasteiger partial charge in [0.1, 0.15) is 11.6 Å². The number of carbonyl (C=O) groups excluding carboxylic acids is 1. The maximum atomic E-state index is 11.8. The third-order valence-electron chi connectivity index (χ3n) is 2.56. The average Bonchev–Trinajstić information content (AvgIpc) is 2.53. The molecule has 0 atom stereocenters. The zero-order chi connectivity index (χ0) is 18.9. The van der Waals surface area contributed by atoms with Crippen LogP contribution >= 0.6 is 0 Å². The van der Waals surface area contributed by atoms with Gasteiger partial charge in [-0.1, -0.05) is 36.4 Å². The van der Waals surface area contributed by atoms with Crippen molar-refractivity contribution in [3.8, 4) is 5.75 Å². The predicted octanol–water partition coefficient (Wildman–Crippen LogP) is 2.36. The zero-order valence-corrected chi connectivity index (χ0v) is 14.2. The topological polar surface area (TPSA) is 131 Å². The molecule has 25 heavy (non-hydrogen) atoms. The van der Waals surface area contributed by atoms with Crippen LogP contribution in [0.3, 0.4) is 0 Å². The summed E-state index contributed by atoms with van der Waals surface area (Å²) in [6, 6.07) is 15.8. The van der Waals surface area contributed by atoms with Crippen LogP contribution in [0, 0.1) is 5.41 Å². The second-order valence-electron chi connectivity index (χ2n) is 4.85. The molecule has 0 aliphatic carbocycles. The van der Waals surface area contributed by atoms with E-state index in [0.29, 0.717) is 17.6 Å². The fraction of sp³-hybridized carbons (Fsp3) is 0.0588. The first kappa shape index (κ1) is 20.1. The van der Waals surface area contributed by atoms with Gasteiger partial charge in [-0.25, -0.2) is 4.79 Å². The molecule has 0 aliphatic heterocycles. The van der Waals surface area contributed by atoms with Gasteiger partial charge in [0.05, 0.1) is 11.8 Å². The van der Waals surface area contributed by atoms with E-state index in [0.717, 1.165) is 5.56 Å². The van der Waals surface area contributed by atoms with Crippen LogP contribution < -0.4 is 10.5 Å². The Morgan fingerprint density at radius 2 is 1.64 bits per heavy atom. The number of carbonyl (C=O) groups is 1. The van der Waals surface area contributed by atoms with Crippen molar-refractivity contribution in [2.24, 2.45) is 5.73 Å². The first-order valence-electron chi connectivity index (χ1n) is 6.97. The Kier molecular flexibility index (Phi) is 7.51. The minimum atomic E-state index is -3.67. The Hall–Kier alpha value is -2.97. The first-order valence-corrected chi connectivity index (χ1v) is 8.82. The van der Waals surface area contributed by atoms with Crippen LogP contribution in [0.15, 0.2) is 60.7 Å². The smallest absolute Gasteiger partial charge is 0.343 e. The summed E-state index contributed by atoms with van der Waals surface area (Å²) in [7, 11) is -3.67. The molecule has 4 N–H and O–H groups in total. The molecule has 7 nitrogen and oxygen atoms in total. The molecule has 0 aliphatic rings. The van der Waals surface area contributed by atoms with Gasteiger partial charge in [-0.2, -0.15) is 8.42 Å². The van der Waals surface area contributed by atoms with Crippen molar-refractivity contribution >= 4 is 28.0 Å². The standard InChI is InChI=1S/C16H14N2O2.CH4O3S/c17-15(18)11-8-12-6-9-14(10-7-12)20-16(19)13-4-2-1-3-5-13;1-5(2,3)4/h1-11H,(H3,17,18);1H3,(H,2,3,4). The third kappa shape index (κ3) is 9.69. The van der Waals surface area contributed by atoms with Gasteiger partial charge in [0, 0.05) is 0 Å². The Morgan fingerprint density at radius 1 is 1.12 bits per heavy atom. The fourth-order valence-electron chi connectivity index (χ4n) is 1.57. The van der Waals surface area contributed by atoms with Gasteiger partial charge < -0.3 is 10.5 Å². The summed E-state index contributed by atoms with van der Waals surface area (Å²) < 4.78 is 31.1. The number of esters is 1. The summed E-state index contributed by atoms with van der Waals surface area (Å²) in [5.41, 5.74) is 6.61. The normalized spacial score (nSPS) is 10.6. The molecule has 132 valence electrons. The van der Waals surface area contributed by atoms with Crippen molar-refractivity contribution in [2.75, 3.05) is 6.26 Å². The molecule has 0 heterocycles. The lowest BCUT2D eigenvalue weighted by molar-refractivity contribution is 0.0734. The lowest BCUT2D eigenvalue weighted by atomic mass is 10.2. The van der Waals surface area contributed by atoms with Crippen LogP contribution in [0.1, 0.15) is 15.9 Å². The lowest BCUT2D eigenvalue weighted by Crippen LogP contribution is -2.07. The molecule has 0 spiro atoms.